The third kappa shape index (κ3) is 4.51. The fourth-order valence-corrected chi connectivity index (χ4v) is 0.165. The van der Waals surface area contributed by atoms with E-state index < -0.39 is 0 Å². The Hall–Kier alpha value is -1.49. The third-order valence-corrected chi connectivity index (χ3v) is 0.392. The van der Waals surface area contributed by atoms with Gasteiger partial charge in [0.1, 0.15) is 5.92 Å². The zero-order valence-electron chi connectivity index (χ0n) is 4.44. The molecule has 0 aliphatic heterocycles. The van der Waals surface area contributed by atoms with Crippen LogP contribution in [0.4, 0.5) is 0 Å². The summed E-state index contributed by atoms with van der Waals surface area (Å²) in [5.41, 5.74) is 0. The van der Waals surface area contributed by atoms with Crippen LogP contribution in [-0.2, 0) is 0 Å². The molecule has 0 amide bonds. The first-order valence-corrected chi connectivity index (χ1v) is 2.07. The average Bonchev–Trinajstić information content (AvgIpc) is 1.81. The highest BCUT2D eigenvalue weighted by molar-refractivity contribution is 5.32. The molecule has 0 bridgehead atoms. The lowest BCUT2D eigenvalue weighted by molar-refractivity contribution is 2.22. The Morgan fingerprint density at radius 2 is 1.88 bits per heavy atom. The first-order valence-electron chi connectivity index (χ1n) is 2.07. The Morgan fingerprint density at radius 1 is 1.25 bits per heavy atom. The van der Waals surface area contributed by atoms with E-state index in [4.69, 9.17) is 6.58 Å². The van der Waals surface area contributed by atoms with Crippen LogP contribution in [0.5, 0.6) is 0 Å². The van der Waals surface area contributed by atoms with Crippen LogP contribution in [0.1, 0.15) is 0 Å². The lowest BCUT2D eigenvalue weighted by Crippen LogP contribution is -1.47. The zero-order valence-corrected chi connectivity index (χ0v) is 4.44. The van der Waals surface area contributed by atoms with Crippen LogP contribution in [0.2, 0.25) is 0 Å². The molecule has 0 aromatic rings. The van der Waals surface area contributed by atoms with E-state index in [9.17, 15) is 0 Å². The van der Waals surface area contributed by atoms with E-state index in [0.29, 0.717) is 0 Å². The van der Waals surface area contributed by atoms with E-state index in [1.807, 2.05) is 0 Å². The summed E-state index contributed by atoms with van der Waals surface area (Å²) in [5, 5.41) is 0. The van der Waals surface area contributed by atoms with Crippen LogP contribution in [0.25, 0.3) is 0 Å². The van der Waals surface area contributed by atoms with Gasteiger partial charge in [-0.05, 0) is 6.08 Å². The molecule has 36 valence electrons. The second-order valence-corrected chi connectivity index (χ2v) is 0.909. The third-order valence-electron chi connectivity index (χ3n) is 0.392. The molecular weight excluding hydrogens is 96.1 g/mol. The van der Waals surface area contributed by atoms with Crippen molar-refractivity contribution in [2.45, 2.75) is 0 Å². The molecule has 0 N–H and O–H groups in total. The van der Waals surface area contributed by atoms with Crippen molar-refractivity contribution in [1.82, 2.24) is 0 Å². The molecule has 0 saturated heterocycles. The van der Waals surface area contributed by atoms with Crippen LogP contribution >= 0.6 is 0 Å². The van der Waals surface area contributed by atoms with Gasteiger partial charge in [0.15, 0.2) is 5.92 Å². The van der Waals surface area contributed by atoms with Gasteiger partial charge in [-0.1, -0.05) is 12.5 Å². The smallest absolute Gasteiger partial charge is 0.0906 e. The van der Waals surface area contributed by atoms with Gasteiger partial charge in [0.05, 0.1) is 6.58 Å². The van der Waals surface area contributed by atoms with E-state index in [1.165, 1.54) is 12.2 Å². The van der Waals surface area contributed by atoms with E-state index >= 15 is 0 Å². The minimum Gasteiger partial charge on any atom is -0.0906 e. The van der Waals surface area contributed by atoms with Gasteiger partial charge in [-0.2, -0.15) is 0 Å². The van der Waals surface area contributed by atoms with Gasteiger partial charge in [-0.25, -0.2) is 0 Å². The molecule has 0 radical (unpaired) electrons. The van der Waals surface area contributed by atoms with Gasteiger partial charge >= 0.3 is 0 Å². The van der Waals surface area contributed by atoms with E-state index in [0.717, 1.165) is 0 Å². The Balaban J connectivity index is 3.73. The maximum atomic E-state index is 4.92. The summed E-state index contributed by atoms with van der Waals surface area (Å²) in [6.07, 6.45) is 2.73. The van der Waals surface area contributed by atoms with E-state index in [1.54, 1.807) is 0 Å². The first kappa shape index (κ1) is 6.51. The fraction of sp³-hybridized carbons (Fsp3) is 0. The first-order chi connectivity index (χ1) is 3.91. The van der Waals surface area contributed by atoms with Crippen molar-refractivity contribution in [3.63, 3.8) is 0 Å². The largest absolute Gasteiger partial charge is 0.222 e. The molecule has 0 atom stereocenters. The quantitative estimate of drug-likeness (QED) is 0.317. The van der Waals surface area contributed by atoms with Crippen LogP contribution in [0.3, 0.4) is 0 Å². The number of allylic oxidation sites excluding steroid dienone is 2. The SMILES string of the molecule is [CH+]=CC#CC#CC=C. The average molecular weight is 101 g/mol. The summed E-state index contributed by atoms with van der Waals surface area (Å²) in [6, 6.07) is 0. The molecule has 0 heterocycles. The summed E-state index contributed by atoms with van der Waals surface area (Å²) in [5.74, 6) is 9.98. The molecule has 8 heavy (non-hydrogen) atoms. The highest BCUT2D eigenvalue weighted by Gasteiger charge is 1.61. The van der Waals surface area contributed by atoms with Crippen LogP contribution in [-0.4, -0.2) is 0 Å². The molecule has 0 unspecified atom stereocenters. The maximum Gasteiger partial charge on any atom is 0.222 e. The van der Waals surface area contributed by atoms with Crippen LogP contribution in [0.15, 0.2) is 18.7 Å². The normalized spacial score (nSPS) is 4.38. The lowest BCUT2D eigenvalue weighted by atomic mass is 10.5. The fourth-order valence-electron chi connectivity index (χ4n) is 0.165. The minimum atomic E-state index is 1.25. The second kappa shape index (κ2) is 5.51. The summed E-state index contributed by atoms with van der Waals surface area (Å²) < 4.78 is 0. The molecule has 0 rings (SSSR count). The van der Waals surface area contributed by atoms with Gasteiger partial charge < -0.3 is 0 Å². The topological polar surface area (TPSA) is 0 Å². The Kier molecular flexibility index (Phi) is 4.48. The molecule has 0 aromatic carbocycles. The summed E-state index contributed by atoms with van der Waals surface area (Å²) in [7, 11) is 0. The summed E-state index contributed by atoms with van der Waals surface area (Å²) in [6.45, 7) is 8.29. The van der Waals surface area contributed by atoms with Crippen molar-refractivity contribution < 1.29 is 0 Å². The Bertz CT molecular complexity index is 164. The van der Waals surface area contributed by atoms with Crippen molar-refractivity contribution in [2.75, 3.05) is 0 Å². The van der Waals surface area contributed by atoms with Gasteiger partial charge in [0, 0.05) is 5.92 Å². The second-order valence-electron chi connectivity index (χ2n) is 0.909. The highest BCUT2D eigenvalue weighted by Crippen LogP contribution is 1.56. The number of rotatable bonds is 0. The zero-order chi connectivity index (χ0) is 6.24. The summed E-state index contributed by atoms with van der Waals surface area (Å²) >= 11 is 0. The van der Waals surface area contributed by atoms with Crippen molar-refractivity contribution >= 4 is 0 Å². The monoisotopic (exact) mass is 101 g/mol. The molecular formula is C8H5+. The molecule has 0 fully saturated rings. The predicted molar refractivity (Wildman–Crippen MR) is 34.6 cm³/mol. The van der Waals surface area contributed by atoms with Crippen LogP contribution in [0, 0.1) is 30.3 Å². The predicted octanol–water partition coefficient (Wildman–Crippen LogP) is 1.17. The number of hydrogen-bond donors (Lipinski definition) is 0. The van der Waals surface area contributed by atoms with Crippen molar-refractivity contribution in [3.8, 4) is 23.7 Å². The molecule has 0 saturated carbocycles. The van der Waals surface area contributed by atoms with Gasteiger partial charge in [-0.15, -0.1) is 0 Å². The molecule has 0 heteroatoms. The van der Waals surface area contributed by atoms with Crippen molar-refractivity contribution in [3.05, 3.63) is 25.3 Å². The number of hydrogen-bond acceptors (Lipinski definition) is 0. The minimum absolute atomic E-state index is 1.25. The Morgan fingerprint density at radius 3 is 2.38 bits per heavy atom. The molecule has 0 aliphatic rings. The molecule has 0 spiro atoms. The molecule has 0 aliphatic carbocycles. The molecule has 0 aromatic heterocycles. The van der Waals surface area contributed by atoms with Crippen molar-refractivity contribution in [1.29, 1.82) is 0 Å². The maximum absolute atomic E-state index is 4.92. The molecule has 0 nitrogen and oxygen atoms in total. The van der Waals surface area contributed by atoms with Gasteiger partial charge in [-0.3, -0.25) is 0 Å². The van der Waals surface area contributed by atoms with Crippen LogP contribution < -0.4 is 0 Å². The lowest BCUT2D eigenvalue weighted by Gasteiger charge is -1.47. The summed E-state index contributed by atoms with van der Waals surface area (Å²) in [4.78, 5) is 0. The van der Waals surface area contributed by atoms with Crippen molar-refractivity contribution in [2.24, 2.45) is 0 Å². The Labute approximate surface area is 49.9 Å². The van der Waals surface area contributed by atoms with Gasteiger partial charge in [0.2, 0.25) is 6.08 Å². The highest BCUT2D eigenvalue weighted by atomic mass is 13.5. The van der Waals surface area contributed by atoms with E-state index in [-0.39, 0.29) is 0 Å². The standard InChI is InChI=1S/C8H5/c1-3-5-7-8-6-4-2/h1,3-4H,2H2/q+1. The van der Waals surface area contributed by atoms with Gasteiger partial charge in [0.25, 0.3) is 0 Å². The van der Waals surface area contributed by atoms with E-state index in [2.05, 4.69) is 30.3 Å².